The molecule has 0 bridgehead atoms. The molecular weight excluding hydrogens is 310 g/mol. The first-order chi connectivity index (χ1) is 11.2. The highest BCUT2D eigenvalue weighted by atomic mass is 32.1. The average molecular weight is 327 g/mol. The lowest BCUT2D eigenvalue weighted by atomic mass is 10.3. The van der Waals surface area contributed by atoms with Gasteiger partial charge in [0.15, 0.2) is 5.13 Å². The van der Waals surface area contributed by atoms with Crippen molar-refractivity contribution in [1.29, 1.82) is 0 Å². The largest absolute Gasteiger partial charge is 0.353 e. The molecule has 118 valence electrons. The van der Waals surface area contributed by atoms with Gasteiger partial charge in [0.2, 0.25) is 0 Å². The van der Waals surface area contributed by atoms with E-state index in [0.717, 1.165) is 42.6 Å². The predicted molar refractivity (Wildman–Crippen MR) is 93.5 cm³/mol. The maximum Gasteiger partial charge on any atom is 0.255 e. The number of nitrogens with zero attached hydrogens (tertiary/aromatic N) is 5. The molecule has 3 aromatic rings. The van der Waals surface area contributed by atoms with Gasteiger partial charge in [0.05, 0.1) is 16.5 Å². The Morgan fingerprint density at radius 1 is 1.09 bits per heavy atom. The van der Waals surface area contributed by atoms with Gasteiger partial charge in [-0.3, -0.25) is 4.79 Å². The number of aryl methyl sites for hydroxylation is 1. The summed E-state index contributed by atoms with van der Waals surface area (Å²) in [5.41, 5.74) is 1.03. The summed E-state index contributed by atoms with van der Waals surface area (Å²) in [4.78, 5) is 25.3. The topological polar surface area (TPSA) is 54.3 Å². The van der Waals surface area contributed by atoms with Crippen molar-refractivity contribution >= 4 is 32.5 Å². The van der Waals surface area contributed by atoms with Crippen molar-refractivity contribution in [2.75, 3.05) is 36.0 Å². The number of thiazole rings is 1. The molecule has 7 heteroatoms. The Kier molecular flexibility index (Phi) is 3.49. The van der Waals surface area contributed by atoms with Crippen LogP contribution in [0.5, 0.6) is 0 Å². The maximum absolute atomic E-state index is 11.7. The molecule has 0 spiro atoms. The van der Waals surface area contributed by atoms with Crippen molar-refractivity contribution in [3.63, 3.8) is 0 Å². The number of anilines is 2. The van der Waals surface area contributed by atoms with Gasteiger partial charge in [0, 0.05) is 39.3 Å². The van der Waals surface area contributed by atoms with Gasteiger partial charge < -0.3 is 14.4 Å². The van der Waals surface area contributed by atoms with Crippen molar-refractivity contribution in [1.82, 2.24) is 14.5 Å². The molecule has 0 unspecified atom stereocenters. The van der Waals surface area contributed by atoms with Crippen LogP contribution in [0.1, 0.15) is 0 Å². The zero-order valence-electron chi connectivity index (χ0n) is 12.8. The molecule has 1 aromatic carbocycles. The van der Waals surface area contributed by atoms with Gasteiger partial charge in [-0.25, -0.2) is 9.97 Å². The molecule has 3 heterocycles. The van der Waals surface area contributed by atoms with Crippen LogP contribution in [0.15, 0.2) is 41.5 Å². The molecule has 4 rings (SSSR count). The molecule has 0 radical (unpaired) electrons. The second-order valence-corrected chi connectivity index (χ2v) is 6.64. The molecule has 6 nitrogen and oxygen atoms in total. The van der Waals surface area contributed by atoms with E-state index in [9.17, 15) is 4.79 Å². The minimum absolute atomic E-state index is 0.0244. The van der Waals surface area contributed by atoms with Crippen LogP contribution >= 0.6 is 11.3 Å². The Hall–Kier alpha value is -2.41. The van der Waals surface area contributed by atoms with Crippen molar-refractivity contribution in [3.8, 4) is 0 Å². The highest BCUT2D eigenvalue weighted by molar-refractivity contribution is 7.22. The lowest BCUT2D eigenvalue weighted by molar-refractivity contribution is 0.642. The molecule has 23 heavy (non-hydrogen) atoms. The van der Waals surface area contributed by atoms with Crippen LogP contribution in [0.3, 0.4) is 0 Å². The number of para-hydroxylation sites is 1. The molecule has 1 saturated heterocycles. The van der Waals surface area contributed by atoms with E-state index in [1.807, 2.05) is 12.1 Å². The van der Waals surface area contributed by atoms with Crippen LogP contribution in [0.4, 0.5) is 10.9 Å². The number of aromatic nitrogens is 3. The molecular formula is C16H17N5OS. The zero-order valence-corrected chi connectivity index (χ0v) is 13.7. The van der Waals surface area contributed by atoms with Crippen molar-refractivity contribution in [2.24, 2.45) is 7.05 Å². The molecule has 0 N–H and O–H groups in total. The van der Waals surface area contributed by atoms with E-state index in [1.54, 1.807) is 30.8 Å². The molecule has 1 aliphatic rings. The van der Waals surface area contributed by atoms with Gasteiger partial charge in [-0.15, -0.1) is 0 Å². The molecule has 0 atom stereocenters. The van der Waals surface area contributed by atoms with Gasteiger partial charge >= 0.3 is 0 Å². The van der Waals surface area contributed by atoms with Crippen molar-refractivity contribution < 1.29 is 0 Å². The lowest BCUT2D eigenvalue weighted by Gasteiger charge is -2.35. The summed E-state index contributed by atoms with van der Waals surface area (Å²) in [5.74, 6) is 0.761. The molecule has 0 saturated carbocycles. The van der Waals surface area contributed by atoms with Gasteiger partial charge in [-0.2, -0.15) is 0 Å². The number of benzene rings is 1. The van der Waals surface area contributed by atoms with Crippen LogP contribution in [0.2, 0.25) is 0 Å². The Morgan fingerprint density at radius 2 is 1.83 bits per heavy atom. The van der Waals surface area contributed by atoms with E-state index in [0.29, 0.717) is 0 Å². The molecule has 0 amide bonds. The van der Waals surface area contributed by atoms with Gasteiger partial charge in [0.1, 0.15) is 5.82 Å². The molecule has 1 fully saturated rings. The molecule has 2 aromatic heterocycles. The summed E-state index contributed by atoms with van der Waals surface area (Å²) in [6.45, 7) is 3.46. The molecule has 1 aliphatic heterocycles. The quantitative estimate of drug-likeness (QED) is 0.717. The monoisotopic (exact) mass is 327 g/mol. The maximum atomic E-state index is 11.7. The average Bonchev–Trinajstić information content (AvgIpc) is 3.02. The number of hydrogen-bond acceptors (Lipinski definition) is 6. The Bertz CT molecular complexity index is 862. The highest BCUT2D eigenvalue weighted by Crippen LogP contribution is 2.29. The zero-order chi connectivity index (χ0) is 15.8. The third-order valence-electron chi connectivity index (χ3n) is 4.12. The highest BCUT2D eigenvalue weighted by Gasteiger charge is 2.21. The summed E-state index contributed by atoms with van der Waals surface area (Å²) in [6, 6.07) is 9.83. The van der Waals surface area contributed by atoms with Crippen LogP contribution < -0.4 is 15.4 Å². The predicted octanol–water partition coefficient (Wildman–Crippen LogP) is 1.72. The number of fused-ring (bicyclic) bond motifs is 1. The third kappa shape index (κ3) is 2.68. The Balaban J connectivity index is 1.50. The van der Waals surface area contributed by atoms with Gasteiger partial charge in [0.25, 0.3) is 5.56 Å². The number of rotatable bonds is 2. The second-order valence-electron chi connectivity index (χ2n) is 5.63. The Labute approximate surface area is 137 Å². The number of piperazine rings is 1. The fourth-order valence-electron chi connectivity index (χ4n) is 2.75. The van der Waals surface area contributed by atoms with Crippen LogP contribution in [-0.2, 0) is 7.05 Å². The van der Waals surface area contributed by atoms with Gasteiger partial charge in [-0.1, -0.05) is 23.5 Å². The number of hydrogen-bond donors (Lipinski definition) is 0. The summed E-state index contributed by atoms with van der Waals surface area (Å²) < 4.78 is 2.71. The summed E-state index contributed by atoms with van der Waals surface area (Å²) in [5, 5.41) is 1.07. The SMILES string of the molecule is Cn1cnc(N2CCN(c3nc4ccccc4s3)CC2)cc1=O. The smallest absolute Gasteiger partial charge is 0.255 e. The first-order valence-electron chi connectivity index (χ1n) is 7.59. The summed E-state index contributed by atoms with van der Waals surface area (Å²) in [6.07, 6.45) is 1.58. The lowest BCUT2D eigenvalue weighted by Crippen LogP contribution is -2.47. The van der Waals surface area contributed by atoms with Crippen molar-refractivity contribution in [2.45, 2.75) is 0 Å². The minimum atomic E-state index is -0.0244. The van der Waals surface area contributed by atoms with Crippen LogP contribution in [-0.4, -0.2) is 40.7 Å². The normalized spacial score (nSPS) is 15.3. The fourth-order valence-corrected chi connectivity index (χ4v) is 3.76. The fraction of sp³-hybridized carbons (Fsp3) is 0.312. The first kappa shape index (κ1) is 14.2. The van der Waals surface area contributed by atoms with E-state index < -0.39 is 0 Å². The van der Waals surface area contributed by atoms with E-state index in [1.165, 1.54) is 9.27 Å². The van der Waals surface area contributed by atoms with Crippen LogP contribution in [0.25, 0.3) is 10.2 Å². The second kappa shape index (κ2) is 5.66. The van der Waals surface area contributed by atoms with E-state index in [-0.39, 0.29) is 5.56 Å². The third-order valence-corrected chi connectivity index (χ3v) is 5.22. The summed E-state index contributed by atoms with van der Waals surface area (Å²) in [7, 11) is 1.71. The van der Waals surface area contributed by atoms with Gasteiger partial charge in [-0.05, 0) is 12.1 Å². The Morgan fingerprint density at radius 3 is 2.57 bits per heavy atom. The first-order valence-corrected chi connectivity index (χ1v) is 8.40. The standard InChI is InChI=1S/C16H17N5OS/c1-19-11-17-14(10-15(19)22)20-6-8-21(9-7-20)16-18-12-4-2-3-5-13(12)23-16/h2-5,10-11H,6-9H2,1H3. The van der Waals surface area contributed by atoms with E-state index >= 15 is 0 Å². The van der Waals surface area contributed by atoms with Crippen molar-refractivity contribution in [3.05, 3.63) is 47.0 Å². The summed E-state index contributed by atoms with van der Waals surface area (Å²) >= 11 is 1.73. The van der Waals surface area contributed by atoms with Crippen LogP contribution in [0, 0.1) is 0 Å². The van der Waals surface area contributed by atoms with E-state index in [4.69, 9.17) is 4.98 Å². The minimum Gasteiger partial charge on any atom is -0.353 e. The van der Waals surface area contributed by atoms with E-state index in [2.05, 4.69) is 26.9 Å². The molecule has 0 aliphatic carbocycles.